The van der Waals surface area contributed by atoms with Crippen LogP contribution in [0.2, 0.25) is 0 Å². The van der Waals surface area contributed by atoms with Crippen molar-refractivity contribution >= 4 is 64.9 Å². The fourth-order valence-corrected chi connectivity index (χ4v) is 10.9. The molecule has 330 valence electrons. The fourth-order valence-electron chi connectivity index (χ4n) is 10.9. The average Bonchev–Trinajstić information content (AvgIpc) is 3.79. The summed E-state index contributed by atoms with van der Waals surface area (Å²) < 4.78 is 2.48. The van der Waals surface area contributed by atoms with Gasteiger partial charge < -0.3 is 4.57 Å². The molecule has 0 fully saturated rings. The third kappa shape index (κ3) is 6.88. The molecule has 0 bridgehead atoms. The summed E-state index contributed by atoms with van der Waals surface area (Å²) in [4.78, 5) is 15.6. The minimum Gasteiger partial charge on any atom is -0.309 e. The Morgan fingerprint density at radius 1 is 0.239 bits per heavy atom. The Hall–Kier alpha value is -9.51. The molecule has 4 nitrogen and oxygen atoms in total. The van der Waals surface area contributed by atoms with Crippen molar-refractivity contribution in [3.63, 3.8) is 0 Å². The third-order valence-electron chi connectivity index (χ3n) is 14.2. The Morgan fingerprint density at radius 2 is 0.732 bits per heavy atom. The maximum atomic E-state index is 5.27. The molecule has 71 heavy (non-hydrogen) atoms. The minimum absolute atomic E-state index is 0.607. The van der Waals surface area contributed by atoms with Crippen molar-refractivity contribution in [2.75, 3.05) is 0 Å². The SMILES string of the molecule is c1ccc(-c2cc(-c3nc(-c4ccccc4)nc(-c4ccccc4)n3)cc(-c3cc(-n4c5ccccc5c5ccc(-c6cccc7ccccc67)cc54)cc4c5ccccc5c5ccccc5c34)c2)cc1. The smallest absolute Gasteiger partial charge is 0.164 e. The largest absolute Gasteiger partial charge is 0.309 e. The summed E-state index contributed by atoms with van der Waals surface area (Å²) in [5.74, 6) is 1.86. The van der Waals surface area contributed by atoms with Gasteiger partial charge in [0.15, 0.2) is 17.5 Å². The first-order chi connectivity index (χ1) is 35.2. The Labute approximate surface area is 410 Å². The highest BCUT2D eigenvalue weighted by atomic mass is 15.0. The van der Waals surface area contributed by atoms with Crippen molar-refractivity contribution in [1.82, 2.24) is 19.5 Å². The molecule has 0 aliphatic rings. The highest BCUT2D eigenvalue weighted by Crippen LogP contribution is 2.45. The molecule has 0 saturated carbocycles. The maximum absolute atomic E-state index is 5.27. The van der Waals surface area contributed by atoms with Gasteiger partial charge in [-0.25, -0.2) is 15.0 Å². The van der Waals surface area contributed by atoms with E-state index in [0.29, 0.717) is 17.5 Å². The number of para-hydroxylation sites is 1. The second kappa shape index (κ2) is 16.6. The fraction of sp³-hybridized carbons (Fsp3) is 0. The van der Waals surface area contributed by atoms with E-state index in [4.69, 9.17) is 15.0 Å². The zero-order valence-corrected chi connectivity index (χ0v) is 38.5. The van der Waals surface area contributed by atoms with Gasteiger partial charge in [-0.2, -0.15) is 0 Å². The number of hydrogen-bond acceptors (Lipinski definition) is 3. The van der Waals surface area contributed by atoms with Crippen molar-refractivity contribution < 1.29 is 0 Å². The predicted octanol–water partition coefficient (Wildman–Crippen LogP) is 17.6. The first kappa shape index (κ1) is 40.5. The summed E-state index contributed by atoms with van der Waals surface area (Å²) in [5, 5.41) is 12.1. The molecule has 2 heterocycles. The van der Waals surface area contributed by atoms with E-state index in [9.17, 15) is 0 Å². The molecule has 4 heteroatoms. The Kier molecular flexibility index (Phi) is 9.49. The van der Waals surface area contributed by atoms with Crippen molar-refractivity contribution in [3.05, 3.63) is 255 Å². The molecule has 12 aromatic carbocycles. The molecular formula is C67H42N4. The van der Waals surface area contributed by atoms with E-state index in [1.807, 2.05) is 36.4 Å². The number of benzene rings is 12. The molecule has 0 aliphatic heterocycles. The molecule has 14 aromatic rings. The van der Waals surface area contributed by atoms with E-state index in [0.717, 1.165) is 55.7 Å². The lowest BCUT2D eigenvalue weighted by Crippen LogP contribution is -2.01. The van der Waals surface area contributed by atoms with Gasteiger partial charge in [0, 0.05) is 33.2 Å². The van der Waals surface area contributed by atoms with Gasteiger partial charge in [-0.15, -0.1) is 0 Å². The van der Waals surface area contributed by atoms with Crippen molar-refractivity contribution in [3.8, 4) is 73.2 Å². The van der Waals surface area contributed by atoms with E-state index in [2.05, 4.69) is 223 Å². The average molecular weight is 903 g/mol. The molecule has 0 spiro atoms. The Bertz CT molecular complexity index is 4320. The lowest BCUT2D eigenvalue weighted by molar-refractivity contribution is 1.07. The number of nitrogens with zero attached hydrogens (tertiary/aromatic N) is 4. The number of fused-ring (bicyclic) bond motifs is 10. The molecular weight excluding hydrogens is 861 g/mol. The lowest BCUT2D eigenvalue weighted by atomic mass is 9.87. The molecule has 2 aromatic heterocycles. The monoisotopic (exact) mass is 902 g/mol. The quantitative estimate of drug-likeness (QED) is 0.150. The van der Waals surface area contributed by atoms with Crippen LogP contribution in [0, 0.1) is 0 Å². The summed E-state index contributed by atoms with van der Waals surface area (Å²) >= 11 is 0. The molecule has 0 N–H and O–H groups in total. The third-order valence-corrected chi connectivity index (χ3v) is 14.2. The Morgan fingerprint density at radius 3 is 1.42 bits per heavy atom. The summed E-state index contributed by atoms with van der Waals surface area (Å²) in [6.45, 7) is 0. The van der Waals surface area contributed by atoms with Crippen LogP contribution < -0.4 is 0 Å². The predicted molar refractivity (Wildman–Crippen MR) is 297 cm³/mol. The van der Waals surface area contributed by atoms with E-state index >= 15 is 0 Å². The number of hydrogen-bond donors (Lipinski definition) is 0. The first-order valence-electron chi connectivity index (χ1n) is 24.2. The number of aromatic nitrogens is 4. The van der Waals surface area contributed by atoms with Gasteiger partial charge in [-0.1, -0.05) is 212 Å². The van der Waals surface area contributed by atoms with Crippen LogP contribution in [0.5, 0.6) is 0 Å². The zero-order valence-electron chi connectivity index (χ0n) is 38.5. The first-order valence-corrected chi connectivity index (χ1v) is 24.2. The topological polar surface area (TPSA) is 43.6 Å². The van der Waals surface area contributed by atoms with Gasteiger partial charge in [0.25, 0.3) is 0 Å². The van der Waals surface area contributed by atoms with E-state index in [1.165, 1.54) is 65.0 Å². The summed E-state index contributed by atoms with van der Waals surface area (Å²) in [7, 11) is 0. The molecule has 0 saturated heterocycles. The molecule has 0 unspecified atom stereocenters. The molecule has 14 rings (SSSR count). The lowest BCUT2D eigenvalue weighted by Gasteiger charge is -2.19. The highest BCUT2D eigenvalue weighted by molar-refractivity contribution is 6.29. The maximum Gasteiger partial charge on any atom is 0.164 e. The Balaban J connectivity index is 1.09. The van der Waals surface area contributed by atoms with Crippen molar-refractivity contribution in [2.45, 2.75) is 0 Å². The molecule has 0 amide bonds. The van der Waals surface area contributed by atoms with Gasteiger partial charge in [0.2, 0.25) is 0 Å². The molecule has 0 radical (unpaired) electrons. The zero-order chi connectivity index (χ0) is 46.8. The normalized spacial score (nSPS) is 11.7. The number of rotatable bonds is 7. The van der Waals surface area contributed by atoms with E-state index < -0.39 is 0 Å². The van der Waals surface area contributed by atoms with Crippen LogP contribution in [0.3, 0.4) is 0 Å². The van der Waals surface area contributed by atoms with Gasteiger partial charge in [0.1, 0.15) is 0 Å². The summed E-state index contributed by atoms with van der Waals surface area (Å²) in [6, 6.07) is 91.7. The highest BCUT2D eigenvalue weighted by Gasteiger charge is 2.21. The van der Waals surface area contributed by atoms with Crippen molar-refractivity contribution in [2.24, 2.45) is 0 Å². The van der Waals surface area contributed by atoms with Crippen LogP contribution >= 0.6 is 0 Å². The summed E-state index contributed by atoms with van der Waals surface area (Å²) in [5.41, 5.74) is 12.9. The summed E-state index contributed by atoms with van der Waals surface area (Å²) in [6.07, 6.45) is 0. The van der Waals surface area contributed by atoms with Gasteiger partial charge in [-0.3, -0.25) is 0 Å². The van der Waals surface area contributed by atoms with Crippen LogP contribution in [-0.2, 0) is 0 Å². The standard InChI is InChI=1S/C67H42N4/c1-4-19-43(20-5-1)48-37-49(39-50(38-48)67-69-65(45-22-6-2-7-23-45)68-66(70-67)46-24-8-3-9-25-46)60-41-51(42-61-56-30-13-12-28-54(56)55-29-14-15-32-59(55)64(60)61)71-62-34-17-16-31-57(62)58-36-35-47(40-63(58)71)53-33-18-26-44-21-10-11-27-52(44)53/h1-42H. The van der Waals surface area contributed by atoms with Gasteiger partial charge in [0.05, 0.1) is 11.0 Å². The second-order valence-electron chi connectivity index (χ2n) is 18.3. The van der Waals surface area contributed by atoms with Crippen LogP contribution in [0.4, 0.5) is 0 Å². The molecule has 0 aliphatic carbocycles. The second-order valence-corrected chi connectivity index (χ2v) is 18.3. The van der Waals surface area contributed by atoms with Crippen molar-refractivity contribution in [1.29, 1.82) is 0 Å². The van der Waals surface area contributed by atoms with E-state index in [-0.39, 0.29) is 0 Å². The van der Waals surface area contributed by atoms with Gasteiger partial charge in [-0.05, 0) is 119 Å². The molecule has 0 atom stereocenters. The minimum atomic E-state index is 0.607. The van der Waals surface area contributed by atoms with E-state index in [1.54, 1.807) is 0 Å². The van der Waals surface area contributed by atoms with Crippen LogP contribution in [0.25, 0.3) is 138 Å². The van der Waals surface area contributed by atoms with Crippen LogP contribution in [0.15, 0.2) is 255 Å². The van der Waals surface area contributed by atoms with Gasteiger partial charge >= 0.3 is 0 Å². The van der Waals surface area contributed by atoms with Crippen LogP contribution in [0.1, 0.15) is 0 Å². The van der Waals surface area contributed by atoms with Crippen LogP contribution in [-0.4, -0.2) is 19.5 Å².